The van der Waals surface area contributed by atoms with Gasteiger partial charge in [-0.15, -0.1) is 0 Å². The first-order valence-electron chi connectivity index (χ1n) is 6.87. The number of fused-ring (bicyclic) bond motifs is 1. The molecule has 3 nitrogen and oxygen atoms in total. The van der Waals surface area contributed by atoms with E-state index in [0.29, 0.717) is 17.9 Å². The van der Waals surface area contributed by atoms with Crippen LogP contribution < -0.4 is 10.6 Å². The standard InChI is InChI=1S/C13H22N2O/c16-13(12-10-5-3-6-11(10)12)15-9-4-1-2-7-14-8-9/h9-12,14H,1-8H2,(H,15,16). The van der Waals surface area contributed by atoms with Crippen LogP contribution in [0.2, 0.25) is 0 Å². The first kappa shape index (κ1) is 10.6. The molecule has 0 spiro atoms. The number of hydrogen-bond donors (Lipinski definition) is 2. The second-order valence-corrected chi connectivity index (χ2v) is 5.69. The second kappa shape index (κ2) is 4.36. The topological polar surface area (TPSA) is 41.1 Å². The summed E-state index contributed by atoms with van der Waals surface area (Å²) in [5.41, 5.74) is 0. The molecule has 16 heavy (non-hydrogen) atoms. The van der Waals surface area contributed by atoms with Crippen molar-refractivity contribution in [2.24, 2.45) is 17.8 Å². The van der Waals surface area contributed by atoms with E-state index in [1.165, 1.54) is 32.1 Å². The van der Waals surface area contributed by atoms with Crippen molar-refractivity contribution in [1.29, 1.82) is 0 Å². The van der Waals surface area contributed by atoms with Gasteiger partial charge in [0.15, 0.2) is 0 Å². The maximum absolute atomic E-state index is 12.1. The van der Waals surface area contributed by atoms with Crippen LogP contribution in [0.5, 0.6) is 0 Å². The van der Waals surface area contributed by atoms with E-state index >= 15 is 0 Å². The lowest BCUT2D eigenvalue weighted by Crippen LogP contribution is -2.42. The zero-order valence-corrected chi connectivity index (χ0v) is 9.87. The molecule has 3 atom stereocenters. The minimum atomic E-state index is 0.350. The average Bonchev–Trinajstić information content (AvgIpc) is 2.89. The molecule has 3 fully saturated rings. The summed E-state index contributed by atoms with van der Waals surface area (Å²) in [7, 11) is 0. The molecule has 2 saturated carbocycles. The predicted octanol–water partition coefficient (Wildman–Crippen LogP) is 1.29. The monoisotopic (exact) mass is 222 g/mol. The fourth-order valence-corrected chi connectivity index (χ4v) is 3.65. The van der Waals surface area contributed by atoms with Crippen molar-refractivity contribution >= 4 is 5.91 Å². The Morgan fingerprint density at radius 3 is 2.69 bits per heavy atom. The second-order valence-electron chi connectivity index (χ2n) is 5.69. The van der Waals surface area contributed by atoms with Gasteiger partial charge in [-0.1, -0.05) is 12.8 Å². The predicted molar refractivity (Wildman–Crippen MR) is 63.0 cm³/mol. The molecule has 3 aliphatic rings. The summed E-state index contributed by atoms with van der Waals surface area (Å²) in [5, 5.41) is 6.65. The minimum Gasteiger partial charge on any atom is -0.352 e. The Hall–Kier alpha value is -0.570. The third kappa shape index (κ3) is 1.97. The molecule has 3 heteroatoms. The zero-order valence-electron chi connectivity index (χ0n) is 9.87. The van der Waals surface area contributed by atoms with E-state index in [1.54, 1.807) is 0 Å². The molecule has 2 aliphatic carbocycles. The third-order valence-electron chi connectivity index (χ3n) is 4.60. The number of carbonyl (C=O) groups is 1. The molecule has 90 valence electrons. The molecule has 0 aromatic rings. The first-order valence-corrected chi connectivity index (χ1v) is 6.87. The lowest BCUT2D eigenvalue weighted by molar-refractivity contribution is -0.123. The fourth-order valence-electron chi connectivity index (χ4n) is 3.65. The summed E-state index contributed by atoms with van der Waals surface area (Å²) in [6, 6.07) is 0.385. The molecule has 3 rings (SSSR count). The van der Waals surface area contributed by atoms with Gasteiger partial charge in [0, 0.05) is 18.5 Å². The van der Waals surface area contributed by atoms with Crippen molar-refractivity contribution in [2.45, 2.75) is 44.6 Å². The molecule has 1 heterocycles. The largest absolute Gasteiger partial charge is 0.352 e. The number of carbonyl (C=O) groups excluding carboxylic acids is 1. The molecule has 3 unspecified atom stereocenters. The van der Waals surface area contributed by atoms with Gasteiger partial charge >= 0.3 is 0 Å². The highest BCUT2D eigenvalue weighted by atomic mass is 16.2. The van der Waals surface area contributed by atoms with Gasteiger partial charge in [0.1, 0.15) is 0 Å². The molecular formula is C13H22N2O. The highest BCUT2D eigenvalue weighted by Crippen LogP contribution is 2.57. The van der Waals surface area contributed by atoms with E-state index < -0.39 is 0 Å². The maximum Gasteiger partial charge on any atom is 0.223 e. The number of hydrogen-bond acceptors (Lipinski definition) is 2. The van der Waals surface area contributed by atoms with Gasteiger partial charge < -0.3 is 10.6 Å². The van der Waals surface area contributed by atoms with Crippen LogP contribution in [0.3, 0.4) is 0 Å². The molecular weight excluding hydrogens is 200 g/mol. The lowest BCUT2D eigenvalue weighted by atomic mass is 10.1. The Bertz CT molecular complexity index is 261. The Morgan fingerprint density at radius 1 is 1.06 bits per heavy atom. The normalized spacial score (nSPS) is 42.2. The third-order valence-corrected chi connectivity index (χ3v) is 4.60. The van der Waals surface area contributed by atoms with E-state index in [4.69, 9.17) is 0 Å². The SMILES string of the molecule is O=C(NC1CCCCNC1)C1C2CCCC21. The number of rotatable bonds is 2. The Balaban J connectivity index is 1.49. The Labute approximate surface area is 97.4 Å². The molecule has 0 aromatic heterocycles. The fraction of sp³-hybridized carbons (Fsp3) is 0.923. The molecule has 0 aromatic carbocycles. The summed E-state index contributed by atoms with van der Waals surface area (Å²) in [4.78, 5) is 12.1. The van der Waals surface area contributed by atoms with Gasteiger partial charge in [-0.3, -0.25) is 4.79 Å². The highest BCUT2D eigenvalue weighted by molar-refractivity contribution is 5.82. The Kier molecular flexibility index (Phi) is 2.88. The van der Waals surface area contributed by atoms with Crippen molar-refractivity contribution in [1.82, 2.24) is 10.6 Å². The van der Waals surface area contributed by atoms with E-state index in [1.807, 2.05) is 0 Å². The summed E-state index contributed by atoms with van der Waals surface area (Å²) in [6.07, 6.45) is 7.60. The molecule has 1 aliphatic heterocycles. The zero-order chi connectivity index (χ0) is 11.0. The van der Waals surface area contributed by atoms with Crippen LogP contribution in [0.4, 0.5) is 0 Å². The highest BCUT2D eigenvalue weighted by Gasteiger charge is 2.56. The molecule has 0 bridgehead atoms. The average molecular weight is 222 g/mol. The summed E-state index contributed by atoms with van der Waals surface area (Å²) in [5.74, 6) is 2.23. The van der Waals surface area contributed by atoms with Crippen molar-refractivity contribution in [3.8, 4) is 0 Å². The van der Waals surface area contributed by atoms with Crippen LogP contribution in [0.15, 0.2) is 0 Å². The first-order chi connectivity index (χ1) is 7.86. The molecule has 0 radical (unpaired) electrons. The van der Waals surface area contributed by atoms with Crippen LogP contribution in [0, 0.1) is 17.8 Å². The van der Waals surface area contributed by atoms with Gasteiger partial charge in [-0.2, -0.15) is 0 Å². The van der Waals surface area contributed by atoms with Crippen LogP contribution in [-0.2, 0) is 4.79 Å². The van der Waals surface area contributed by atoms with Crippen LogP contribution in [0.1, 0.15) is 38.5 Å². The van der Waals surface area contributed by atoms with Gasteiger partial charge in [0.25, 0.3) is 0 Å². The molecule has 1 saturated heterocycles. The van der Waals surface area contributed by atoms with Crippen LogP contribution in [-0.4, -0.2) is 25.0 Å². The van der Waals surface area contributed by atoms with Crippen molar-refractivity contribution < 1.29 is 4.79 Å². The quantitative estimate of drug-likeness (QED) is 0.739. The van der Waals surface area contributed by atoms with Crippen molar-refractivity contribution in [3.63, 3.8) is 0 Å². The van der Waals surface area contributed by atoms with Gasteiger partial charge in [-0.05, 0) is 44.1 Å². The van der Waals surface area contributed by atoms with Crippen LogP contribution in [0.25, 0.3) is 0 Å². The van der Waals surface area contributed by atoms with Gasteiger partial charge in [0.2, 0.25) is 5.91 Å². The number of nitrogens with one attached hydrogen (secondary N) is 2. The van der Waals surface area contributed by atoms with Crippen molar-refractivity contribution in [3.05, 3.63) is 0 Å². The van der Waals surface area contributed by atoms with Gasteiger partial charge in [-0.25, -0.2) is 0 Å². The van der Waals surface area contributed by atoms with E-state index in [9.17, 15) is 4.79 Å². The summed E-state index contributed by atoms with van der Waals surface area (Å²) in [6.45, 7) is 2.08. The maximum atomic E-state index is 12.1. The van der Waals surface area contributed by atoms with Gasteiger partial charge in [0.05, 0.1) is 0 Å². The van der Waals surface area contributed by atoms with E-state index in [-0.39, 0.29) is 0 Å². The lowest BCUT2D eigenvalue weighted by Gasteiger charge is -2.17. The summed E-state index contributed by atoms with van der Waals surface area (Å²) < 4.78 is 0. The summed E-state index contributed by atoms with van der Waals surface area (Å²) >= 11 is 0. The minimum absolute atomic E-state index is 0.350. The smallest absolute Gasteiger partial charge is 0.223 e. The van der Waals surface area contributed by atoms with Crippen molar-refractivity contribution in [2.75, 3.05) is 13.1 Å². The Morgan fingerprint density at radius 2 is 1.88 bits per heavy atom. The molecule has 2 N–H and O–H groups in total. The molecule has 1 amide bonds. The number of amides is 1. The van der Waals surface area contributed by atoms with E-state index in [0.717, 1.165) is 31.3 Å². The van der Waals surface area contributed by atoms with Crippen LogP contribution >= 0.6 is 0 Å². The van der Waals surface area contributed by atoms with E-state index in [2.05, 4.69) is 10.6 Å².